The first-order valence-electron chi connectivity index (χ1n) is 7.71. The van der Waals surface area contributed by atoms with Gasteiger partial charge in [-0.2, -0.15) is 0 Å². The highest BCUT2D eigenvalue weighted by molar-refractivity contribution is 9.10. The number of aromatic nitrogens is 1. The molecule has 0 saturated heterocycles. The fraction of sp³-hybridized carbons (Fsp3) is 0.562. The van der Waals surface area contributed by atoms with Crippen molar-refractivity contribution in [2.45, 2.75) is 32.8 Å². The quantitative estimate of drug-likeness (QED) is 0.179. The Morgan fingerprint density at radius 3 is 2.92 bits per heavy atom. The van der Waals surface area contributed by atoms with E-state index in [0.717, 1.165) is 22.4 Å². The molecule has 1 aromatic rings. The number of alkyl halides is 1. The molecule has 6 nitrogen and oxygen atoms in total. The van der Waals surface area contributed by atoms with Gasteiger partial charge in [0.25, 0.3) is 6.47 Å². The van der Waals surface area contributed by atoms with Crippen LogP contribution in [-0.2, 0) is 9.53 Å². The maximum absolute atomic E-state index is 10.3. The van der Waals surface area contributed by atoms with Crippen LogP contribution >= 0.6 is 27.5 Å². The molecule has 24 heavy (non-hydrogen) atoms. The second-order valence-electron chi connectivity index (χ2n) is 5.20. The highest BCUT2D eigenvalue weighted by Gasteiger charge is 2.10. The summed E-state index contributed by atoms with van der Waals surface area (Å²) in [6.45, 7) is 5.71. The van der Waals surface area contributed by atoms with Crippen molar-refractivity contribution in [1.82, 2.24) is 9.88 Å². The van der Waals surface area contributed by atoms with Gasteiger partial charge in [0.15, 0.2) is 0 Å². The van der Waals surface area contributed by atoms with Gasteiger partial charge < -0.3 is 14.4 Å². The van der Waals surface area contributed by atoms with Gasteiger partial charge in [0, 0.05) is 13.6 Å². The molecule has 134 valence electrons. The number of carbonyl (C=O) groups excluding carboxylic acids is 1. The lowest BCUT2D eigenvalue weighted by molar-refractivity contribution is -0.132. The molecule has 1 atom stereocenters. The maximum atomic E-state index is 10.3. The van der Waals surface area contributed by atoms with Crippen molar-refractivity contribution in [3.8, 4) is 5.88 Å². The van der Waals surface area contributed by atoms with Gasteiger partial charge in [-0.05, 0) is 48.7 Å². The lowest BCUT2D eigenvalue weighted by atomic mass is 10.2. The van der Waals surface area contributed by atoms with Crippen LogP contribution in [0.4, 0.5) is 5.69 Å². The second-order valence-corrected chi connectivity index (χ2v) is 6.36. The first-order valence-corrected chi connectivity index (χ1v) is 9.04. The standard InChI is InChI=1S/C16H23BrClN3O3/c1-4-21(3)10-19-15-8-14(17)16(20-12(15)2)23-7-5-6-13(9-18)24-11-22/h8,10-11,13H,4-7,9H2,1-3H3. The average Bonchev–Trinajstić information content (AvgIpc) is 2.58. The minimum atomic E-state index is -0.279. The molecule has 0 fully saturated rings. The minimum absolute atomic E-state index is 0.276. The maximum Gasteiger partial charge on any atom is 0.293 e. The summed E-state index contributed by atoms with van der Waals surface area (Å²) < 4.78 is 11.3. The number of nitrogens with zero attached hydrogens (tertiary/aromatic N) is 3. The monoisotopic (exact) mass is 419 g/mol. The normalized spacial score (nSPS) is 12.2. The van der Waals surface area contributed by atoms with Crippen LogP contribution in [0.5, 0.6) is 5.88 Å². The Labute approximate surface area is 156 Å². The van der Waals surface area contributed by atoms with E-state index < -0.39 is 0 Å². The van der Waals surface area contributed by atoms with E-state index in [1.165, 1.54) is 0 Å². The smallest absolute Gasteiger partial charge is 0.293 e. The van der Waals surface area contributed by atoms with E-state index in [-0.39, 0.29) is 12.0 Å². The summed E-state index contributed by atoms with van der Waals surface area (Å²) in [4.78, 5) is 21.1. The summed E-state index contributed by atoms with van der Waals surface area (Å²) in [6, 6.07) is 1.88. The molecule has 1 heterocycles. The average molecular weight is 421 g/mol. The highest BCUT2D eigenvalue weighted by Crippen LogP contribution is 2.29. The van der Waals surface area contributed by atoms with Crippen molar-refractivity contribution >= 4 is 46.0 Å². The molecule has 0 aromatic carbocycles. The topological polar surface area (TPSA) is 64.0 Å². The van der Waals surface area contributed by atoms with Crippen molar-refractivity contribution in [3.63, 3.8) is 0 Å². The van der Waals surface area contributed by atoms with Gasteiger partial charge in [0.1, 0.15) is 6.10 Å². The number of aryl methyl sites for hydroxylation is 1. The van der Waals surface area contributed by atoms with Crippen LogP contribution in [0.25, 0.3) is 0 Å². The van der Waals surface area contributed by atoms with E-state index in [1.54, 1.807) is 6.34 Å². The van der Waals surface area contributed by atoms with Gasteiger partial charge >= 0.3 is 0 Å². The molecule has 1 rings (SSSR count). The molecular formula is C16H23BrClN3O3. The summed E-state index contributed by atoms with van der Waals surface area (Å²) in [7, 11) is 1.96. The molecule has 8 heteroatoms. The van der Waals surface area contributed by atoms with E-state index in [2.05, 4.69) is 32.8 Å². The zero-order valence-electron chi connectivity index (χ0n) is 14.2. The Hall–Kier alpha value is -1.34. The molecule has 0 N–H and O–H groups in total. The fourth-order valence-electron chi connectivity index (χ4n) is 1.76. The number of hydrogen-bond acceptors (Lipinski definition) is 5. The Morgan fingerprint density at radius 2 is 2.29 bits per heavy atom. The zero-order chi connectivity index (χ0) is 17.9. The number of hydrogen-bond donors (Lipinski definition) is 0. The summed E-state index contributed by atoms with van der Waals surface area (Å²) in [5, 5.41) is 0. The van der Waals surface area contributed by atoms with E-state index in [1.807, 2.05) is 24.9 Å². The number of halogens is 2. The first-order chi connectivity index (χ1) is 11.5. The highest BCUT2D eigenvalue weighted by atomic mass is 79.9. The molecule has 1 unspecified atom stereocenters. The van der Waals surface area contributed by atoms with Gasteiger partial charge in [-0.15, -0.1) is 11.6 Å². The summed E-state index contributed by atoms with van der Waals surface area (Å²) in [6.07, 6.45) is 2.85. The second kappa shape index (κ2) is 11.3. The van der Waals surface area contributed by atoms with E-state index >= 15 is 0 Å². The lowest BCUT2D eigenvalue weighted by Crippen LogP contribution is -2.15. The van der Waals surface area contributed by atoms with Crippen molar-refractivity contribution in [2.75, 3.05) is 26.1 Å². The molecule has 0 amide bonds. The molecule has 1 aromatic heterocycles. The number of carbonyl (C=O) groups is 1. The number of aliphatic imine (C=N–C) groups is 1. The van der Waals surface area contributed by atoms with Gasteiger partial charge in [-0.3, -0.25) is 4.79 Å². The van der Waals surface area contributed by atoms with Crippen molar-refractivity contribution in [2.24, 2.45) is 4.99 Å². The van der Waals surface area contributed by atoms with Crippen LogP contribution in [-0.4, -0.2) is 54.9 Å². The van der Waals surface area contributed by atoms with Gasteiger partial charge in [-0.1, -0.05) is 0 Å². The molecule has 0 spiro atoms. The lowest BCUT2D eigenvalue weighted by Gasteiger charge is -2.13. The van der Waals surface area contributed by atoms with E-state index in [9.17, 15) is 4.79 Å². The fourth-order valence-corrected chi connectivity index (χ4v) is 2.41. The molecular weight excluding hydrogens is 398 g/mol. The third-order valence-electron chi connectivity index (χ3n) is 3.33. The molecule has 0 radical (unpaired) electrons. The summed E-state index contributed by atoms with van der Waals surface area (Å²) >= 11 is 9.16. The Morgan fingerprint density at radius 1 is 1.54 bits per heavy atom. The molecule has 0 bridgehead atoms. The zero-order valence-corrected chi connectivity index (χ0v) is 16.5. The largest absolute Gasteiger partial charge is 0.477 e. The molecule has 0 aliphatic heterocycles. The molecule has 0 aliphatic carbocycles. The number of ether oxygens (including phenoxy) is 2. The Balaban J connectivity index is 2.59. The van der Waals surface area contributed by atoms with Crippen molar-refractivity contribution in [3.05, 3.63) is 16.2 Å². The first kappa shape index (κ1) is 20.7. The Kier molecular flexibility index (Phi) is 9.71. The van der Waals surface area contributed by atoms with Crippen LogP contribution in [0.2, 0.25) is 0 Å². The SMILES string of the molecule is CCN(C)C=Nc1cc(Br)c(OCCCC(CCl)OC=O)nc1C. The predicted molar refractivity (Wildman–Crippen MR) is 99.5 cm³/mol. The Bertz CT molecular complexity index is 558. The van der Waals surface area contributed by atoms with Crippen LogP contribution < -0.4 is 4.74 Å². The van der Waals surface area contributed by atoms with Gasteiger partial charge in [0.05, 0.1) is 34.7 Å². The van der Waals surface area contributed by atoms with Crippen LogP contribution in [0.15, 0.2) is 15.5 Å². The summed E-state index contributed by atoms with van der Waals surface area (Å²) in [5.74, 6) is 0.799. The molecule has 0 aliphatic rings. The minimum Gasteiger partial charge on any atom is -0.477 e. The third-order valence-corrected chi connectivity index (χ3v) is 4.24. The summed E-state index contributed by atoms with van der Waals surface area (Å²) in [5.41, 5.74) is 1.58. The van der Waals surface area contributed by atoms with Crippen LogP contribution in [0.3, 0.4) is 0 Å². The van der Waals surface area contributed by atoms with E-state index in [4.69, 9.17) is 21.1 Å². The van der Waals surface area contributed by atoms with Crippen LogP contribution in [0.1, 0.15) is 25.5 Å². The third kappa shape index (κ3) is 7.05. The number of rotatable bonds is 11. The van der Waals surface area contributed by atoms with Crippen molar-refractivity contribution in [1.29, 1.82) is 0 Å². The van der Waals surface area contributed by atoms with Gasteiger partial charge in [-0.25, -0.2) is 9.98 Å². The van der Waals surface area contributed by atoms with Crippen molar-refractivity contribution < 1.29 is 14.3 Å². The van der Waals surface area contributed by atoms with Gasteiger partial charge in [0.2, 0.25) is 5.88 Å². The molecule has 0 saturated carbocycles. The predicted octanol–water partition coefficient (Wildman–Crippen LogP) is 3.70. The van der Waals surface area contributed by atoms with Crippen LogP contribution in [0, 0.1) is 6.92 Å². The number of pyridine rings is 1. The van der Waals surface area contributed by atoms with E-state index in [0.29, 0.717) is 31.8 Å².